The highest BCUT2D eigenvalue weighted by molar-refractivity contribution is 7.89. The number of amides is 1. The van der Waals surface area contributed by atoms with Crippen molar-refractivity contribution >= 4 is 32.3 Å². The molecule has 1 aliphatic heterocycles. The van der Waals surface area contributed by atoms with Crippen LogP contribution in [0.25, 0.3) is 0 Å². The first kappa shape index (κ1) is 22.0. The minimum Gasteiger partial charge on any atom is -0.316 e. The molecule has 1 aliphatic carbocycles. The third-order valence-corrected chi connectivity index (χ3v) is 9.27. The molecule has 1 aromatic carbocycles. The van der Waals surface area contributed by atoms with E-state index in [1.165, 1.54) is 26.9 Å². The summed E-state index contributed by atoms with van der Waals surface area (Å²) in [6.45, 7) is 2.49. The summed E-state index contributed by atoms with van der Waals surface area (Å²) < 4.78 is 27.5. The van der Waals surface area contributed by atoms with Gasteiger partial charge in [-0.15, -0.1) is 11.3 Å². The molecule has 1 atom stereocenters. The van der Waals surface area contributed by atoms with Gasteiger partial charge in [0.25, 0.3) is 0 Å². The van der Waals surface area contributed by atoms with Gasteiger partial charge in [-0.2, -0.15) is 9.57 Å². The average molecular weight is 458 g/mol. The van der Waals surface area contributed by atoms with Gasteiger partial charge in [-0.3, -0.25) is 4.79 Å². The number of nitrogens with zero attached hydrogens (tertiary/aromatic N) is 2. The summed E-state index contributed by atoms with van der Waals surface area (Å²) >= 11 is 1.51. The lowest BCUT2D eigenvalue weighted by molar-refractivity contribution is -0.120. The van der Waals surface area contributed by atoms with Gasteiger partial charge >= 0.3 is 0 Å². The molecule has 1 aromatic heterocycles. The van der Waals surface area contributed by atoms with Gasteiger partial charge in [0, 0.05) is 18.0 Å². The molecule has 0 radical (unpaired) electrons. The van der Waals surface area contributed by atoms with Crippen LogP contribution in [0, 0.1) is 24.2 Å². The molecule has 1 N–H and O–H groups in total. The van der Waals surface area contributed by atoms with E-state index in [0.717, 1.165) is 36.8 Å². The van der Waals surface area contributed by atoms with Gasteiger partial charge in [-0.05, 0) is 63.1 Å². The summed E-state index contributed by atoms with van der Waals surface area (Å²) in [5, 5.41) is 13.3. The third-order valence-electron chi connectivity index (χ3n) is 6.18. The minimum absolute atomic E-state index is 0.162. The SMILES string of the molecule is Cc1ccc(S(=O)(=O)N2CCCC(C(=O)Nc3sc4c(c3C#N)CCCCC4)C2)cc1. The largest absolute Gasteiger partial charge is 0.316 e. The zero-order chi connectivity index (χ0) is 22.0. The van der Waals surface area contributed by atoms with Crippen LogP contribution in [0.5, 0.6) is 0 Å². The van der Waals surface area contributed by atoms with Crippen LogP contribution in [0.2, 0.25) is 0 Å². The number of hydrogen-bond acceptors (Lipinski definition) is 5. The van der Waals surface area contributed by atoms with Crippen LogP contribution < -0.4 is 5.32 Å². The number of hydrogen-bond donors (Lipinski definition) is 1. The normalized spacial score (nSPS) is 19.8. The number of fused-ring (bicyclic) bond motifs is 1. The van der Waals surface area contributed by atoms with E-state index < -0.39 is 15.9 Å². The van der Waals surface area contributed by atoms with Gasteiger partial charge in [0.1, 0.15) is 11.1 Å². The van der Waals surface area contributed by atoms with Crippen molar-refractivity contribution < 1.29 is 13.2 Å². The van der Waals surface area contributed by atoms with Gasteiger partial charge < -0.3 is 5.32 Å². The molecule has 0 bridgehead atoms. The molecular formula is C23H27N3O3S2. The Hall–Kier alpha value is -2.21. The number of rotatable bonds is 4. The average Bonchev–Trinajstić information content (AvgIpc) is 2.92. The maximum Gasteiger partial charge on any atom is 0.243 e. The van der Waals surface area contributed by atoms with E-state index in [-0.39, 0.29) is 17.3 Å². The Kier molecular flexibility index (Phi) is 6.47. The highest BCUT2D eigenvalue weighted by atomic mass is 32.2. The van der Waals surface area contributed by atoms with E-state index in [2.05, 4.69) is 11.4 Å². The van der Waals surface area contributed by atoms with Gasteiger partial charge in [-0.1, -0.05) is 24.1 Å². The van der Waals surface area contributed by atoms with E-state index in [4.69, 9.17) is 0 Å². The fourth-order valence-electron chi connectivity index (χ4n) is 4.40. The first-order valence-corrected chi connectivity index (χ1v) is 13.1. The molecule has 1 amide bonds. The topological polar surface area (TPSA) is 90.3 Å². The number of carbonyl (C=O) groups is 1. The summed E-state index contributed by atoms with van der Waals surface area (Å²) in [7, 11) is -3.63. The van der Waals surface area contributed by atoms with E-state index in [0.29, 0.717) is 30.0 Å². The molecule has 4 rings (SSSR count). The Labute approximate surface area is 187 Å². The van der Waals surface area contributed by atoms with Gasteiger partial charge in [-0.25, -0.2) is 8.42 Å². The molecule has 31 heavy (non-hydrogen) atoms. The maximum absolute atomic E-state index is 13.0. The van der Waals surface area contributed by atoms with E-state index in [9.17, 15) is 18.5 Å². The Bertz CT molecular complexity index is 1110. The lowest BCUT2D eigenvalue weighted by Crippen LogP contribution is -2.43. The van der Waals surface area contributed by atoms with E-state index >= 15 is 0 Å². The van der Waals surface area contributed by atoms with Gasteiger partial charge in [0.15, 0.2) is 0 Å². The van der Waals surface area contributed by atoms with Crippen LogP contribution in [0.3, 0.4) is 0 Å². The summed E-state index contributed by atoms with van der Waals surface area (Å²) in [4.78, 5) is 14.5. The fourth-order valence-corrected chi connectivity index (χ4v) is 7.16. The van der Waals surface area contributed by atoms with Crippen molar-refractivity contribution in [3.05, 3.63) is 45.8 Å². The van der Waals surface area contributed by atoms with Gasteiger partial charge in [0.05, 0.1) is 16.4 Å². The maximum atomic E-state index is 13.0. The van der Waals surface area contributed by atoms with Crippen LogP contribution in [-0.2, 0) is 27.7 Å². The molecule has 2 heterocycles. The van der Waals surface area contributed by atoms with Crippen LogP contribution >= 0.6 is 11.3 Å². The molecular weight excluding hydrogens is 430 g/mol. The second kappa shape index (κ2) is 9.11. The second-order valence-corrected chi connectivity index (χ2v) is 11.4. The van der Waals surface area contributed by atoms with Crippen molar-refractivity contribution in [3.63, 3.8) is 0 Å². The molecule has 1 unspecified atom stereocenters. The summed E-state index contributed by atoms with van der Waals surface area (Å²) in [5.41, 5.74) is 2.68. The van der Waals surface area contributed by atoms with Crippen molar-refractivity contribution in [1.29, 1.82) is 5.26 Å². The highest BCUT2D eigenvalue weighted by Crippen LogP contribution is 2.37. The van der Waals surface area contributed by atoms with E-state index in [1.807, 2.05) is 6.92 Å². The summed E-state index contributed by atoms with van der Waals surface area (Å²) in [6.07, 6.45) is 6.46. The predicted molar refractivity (Wildman–Crippen MR) is 122 cm³/mol. The number of anilines is 1. The standard InChI is InChI=1S/C23H27N3O3S2/c1-16-9-11-18(12-10-16)31(28,29)26-13-5-6-17(15-26)22(27)25-23-20(14-24)19-7-3-2-4-8-21(19)30-23/h9-12,17H,2-8,13,15H2,1H3,(H,25,27). The number of piperidine rings is 1. The molecule has 6 nitrogen and oxygen atoms in total. The second-order valence-electron chi connectivity index (χ2n) is 8.38. The quantitative estimate of drug-likeness (QED) is 0.696. The fraction of sp³-hybridized carbons (Fsp3) is 0.478. The first-order chi connectivity index (χ1) is 14.9. The summed E-state index contributed by atoms with van der Waals surface area (Å²) in [5.74, 6) is -0.626. The smallest absolute Gasteiger partial charge is 0.243 e. The number of carbonyl (C=O) groups excluding carboxylic acids is 1. The van der Waals surface area contributed by atoms with Crippen molar-refractivity contribution in [3.8, 4) is 6.07 Å². The Balaban J connectivity index is 1.50. The zero-order valence-corrected chi connectivity index (χ0v) is 19.3. The number of aryl methyl sites for hydroxylation is 2. The van der Waals surface area contributed by atoms with Crippen molar-refractivity contribution in [2.75, 3.05) is 18.4 Å². The van der Waals surface area contributed by atoms with Gasteiger partial charge in [0.2, 0.25) is 15.9 Å². The summed E-state index contributed by atoms with van der Waals surface area (Å²) in [6, 6.07) is 9.09. The Morgan fingerprint density at radius 1 is 1.16 bits per heavy atom. The Morgan fingerprint density at radius 2 is 1.90 bits per heavy atom. The molecule has 0 saturated carbocycles. The third kappa shape index (κ3) is 4.54. The lowest BCUT2D eigenvalue weighted by atomic mass is 9.98. The molecule has 164 valence electrons. The van der Waals surface area contributed by atoms with Crippen molar-refractivity contribution in [2.24, 2.45) is 5.92 Å². The van der Waals surface area contributed by atoms with Crippen LogP contribution in [0.4, 0.5) is 5.00 Å². The molecule has 1 saturated heterocycles. The van der Waals surface area contributed by atoms with Crippen LogP contribution in [0.1, 0.15) is 53.7 Å². The molecule has 0 spiro atoms. The number of nitriles is 1. The molecule has 8 heteroatoms. The van der Waals surface area contributed by atoms with Crippen molar-refractivity contribution in [1.82, 2.24) is 4.31 Å². The number of sulfonamides is 1. The molecule has 2 aromatic rings. The minimum atomic E-state index is -3.63. The monoisotopic (exact) mass is 457 g/mol. The molecule has 1 fully saturated rings. The Morgan fingerprint density at radius 3 is 2.65 bits per heavy atom. The number of nitrogens with one attached hydrogen (secondary N) is 1. The number of thiophene rings is 1. The van der Waals surface area contributed by atoms with Crippen LogP contribution in [0.15, 0.2) is 29.2 Å². The molecule has 2 aliphatic rings. The first-order valence-electron chi connectivity index (χ1n) is 10.8. The zero-order valence-electron chi connectivity index (χ0n) is 17.7. The van der Waals surface area contributed by atoms with E-state index in [1.54, 1.807) is 24.3 Å². The number of benzene rings is 1. The highest BCUT2D eigenvalue weighted by Gasteiger charge is 2.34. The van der Waals surface area contributed by atoms with Crippen molar-refractivity contribution in [2.45, 2.75) is 56.8 Å². The van der Waals surface area contributed by atoms with Crippen LogP contribution in [-0.4, -0.2) is 31.7 Å². The predicted octanol–water partition coefficient (Wildman–Crippen LogP) is 4.24. The lowest BCUT2D eigenvalue weighted by Gasteiger charge is -2.31.